The molecule has 9 N–H and O–H groups in total. The van der Waals surface area contributed by atoms with E-state index >= 15 is 0 Å². The van der Waals surface area contributed by atoms with Gasteiger partial charge < -0.3 is 42.0 Å². The zero-order valence-corrected chi connectivity index (χ0v) is 23.8. The molecule has 0 aromatic heterocycles. The molecule has 1 spiro atoms. The lowest BCUT2D eigenvalue weighted by Gasteiger charge is -2.49. The summed E-state index contributed by atoms with van der Waals surface area (Å²) < 4.78 is 35.4. The molecule has 5 aliphatic rings. The molecule has 0 bridgehead atoms. The first-order valence-corrected chi connectivity index (χ1v) is 15.2. The molecule has 1 amide bonds. The number of hydrogen-bond acceptors (Lipinski definition) is 12. The molecule has 1 aromatic rings. The number of para-hydroxylation sites is 1. The van der Waals surface area contributed by atoms with Gasteiger partial charge in [-0.05, 0) is 30.7 Å². The molecule has 5 aliphatic heterocycles. The van der Waals surface area contributed by atoms with Crippen molar-refractivity contribution >= 4 is 28.0 Å². The number of aliphatic imine (C=N–C) groups is 2. The predicted molar refractivity (Wildman–Crippen MR) is 149 cm³/mol. The Kier molecular flexibility index (Phi) is 6.42. The van der Waals surface area contributed by atoms with Crippen LogP contribution in [-0.4, -0.2) is 108 Å². The van der Waals surface area contributed by atoms with Crippen LogP contribution in [0, 0.1) is 0 Å². The van der Waals surface area contributed by atoms with Gasteiger partial charge in [-0.3, -0.25) is 4.79 Å². The highest BCUT2D eigenvalue weighted by atomic mass is 32.2. The van der Waals surface area contributed by atoms with Gasteiger partial charge in [0.2, 0.25) is 5.79 Å². The first-order valence-electron chi connectivity index (χ1n) is 13.8. The van der Waals surface area contributed by atoms with Crippen LogP contribution in [0.2, 0.25) is 0 Å². The highest BCUT2D eigenvalue weighted by molar-refractivity contribution is 7.87. The van der Waals surface area contributed by atoms with Crippen molar-refractivity contribution in [3.05, 3.63) is 29.3 Å². The second-order valence-corrected chi connectivity index (χ2v) is 13.6. The van der Waals surface area contributed by atoms with E-state index in [2.05, 4.69) is 39.2 Å². The highest BCUT2D eigenvalue weighted by Crippen LogP contribution is 2.45. The van der Waals surface area contributed by atoms with E-state index in [1.165, 1.54) is 9.21 Å². The quantitative estimate of drug-likeness (QED) is 0.172. The SMILES string of the molecule is CC1(C)CCOc2c(C(=O)NC3CN4C(N)=N[C@@H](CNS(=O)(=O)N5CCCC5)[C@@H]5N=C(N)N[C@@]54C3(O)O)cccc21. The second kappa shape index (κ2) is 9.42. The van der Waals surface area contributed by atoms with Crippen molar-refractivity contribution in [1.82, 2.24) is 24.6 Å². The zero-order valence-electron chi connectivity index (χ0n) is 23.0. The molecule has 41 heavy (non-hydrogen) atoms. The van der Waals surface area contributed by atoms with Crippen LogP contribution in [0.1, 0.15) is 49.0 Å². The number of ether oxygens (including phenoxy) is 1. The number of nitrogens with zero attached hydrogens (tertiary/aromatic N) is 4. The van der Waals surface area contributed by atoms with Crippen LogP contribution in [0.5, 0.6) is 5.75 Å². The number of carbonyl (C=O) groups excluding carboxylic acids is 1. The van der Waals surface area contributed by atoms with Gasteiger partial charge in [0.15, 0.2) is 17.6 Å². The molecule has 0 saturated carbocycles. The third kappa shape index (κ3) is 4.22. The number of nitrogens with one attached hydrogen (secondary N) is 3. The highest BCUT2D eigenvalue weighted by Gasteiger charge is 2.73. The van der Waals surface area contributed by atoms with Crippen LogP contribution in [-0.2, 0) is 15.6 Å². The first kappa shape index (κ1) is 28.0. The van der Waals surface area contributed by atoms with Gasteiger partial charge in [0, 0.05) is 31.7 Å². The standard InChI is InChI=1S/C25H37N9O6S/c1-23(2)8-11-40-18-14(6-5-7-15(18)23)20(35)30-17-13-34-22(27)29-16(12-28-41(38,39)33-9-3-4-10-33)19-24(34,25(17,36)37)32-21(26)31-19/h5-7,16-17,19,28,36-37H,3-4,8-13H2,1-2H3,(H2,27,29)(H,30,35)(H3,26,31,32)/t16-,17?,19-,24-/m0/s1. The fraction of sp³-hybridized carbons (Fsp3) is 0.640. The van der Waals surface area contributed by atoms with Gasteiger partial charge in [0.05, 0.1) is 18.2 Å². The molecule has 4 atom stereocenters. The van der Waals surface area contributed by atoms with Crippen molar-refractivity contribution < 1.29 is 28.2 Å². The Morgan fingerprint density at radius 3 is 2.68 bits per heavy atom. The van der Waals surface area contributed by atoms with Crippen molar-refractivity contribution in [2.75, 3.05) is 32.8 Å². The average molecular weight is 592 g/mol. The zero-order chi connectivity index (χ0) is 29.4. The first-order chi connectivity index (χ1) is 19.3. The van der Waals surface area contributed by atoms with Crippen LogP contribution < -0.4 is 31.6 Å². The second-order valence-electron chi connectivity index (χ2n) is 11.9. The molecule has 2 fully saturated rings. The molecule has 2 saturated heterocycles. The van der Waals surface area contributed by atoms with Crippen molar-refractivity contribution in [3.63, 3.8) is 0 Å². The lowest BCUT2D eigenvalue weighted by molar-refractivity contribution is -0.230. The van der Waals surface area contributed by atoms with E-state index in [4.69, 9.17) is 16.2 Å². The molecule has 1 unspecified atom stereocenters. The number of benzene rings is 1. The fourth-order valence-electron chi connectivity index (χ4n) is 6.65. The minimum atomic E-state index is -3.78. The van der Waals surface area contributed by atoms with E-state index in [0.29, 0.717) is 25.4 Å². The smallest absolute Gasteiger partial charge is 0.279 e. The number of nitrogens with two attached hydrogens (primary N) is 2. The lowest BCUT2D eigenvalue weighted by Crippen LogP contribution is -2.78. The summed E-state index contributed by atoms with van der Waals surface area (Å²) in [4.78, 5) is 23.8. The summed E-state index contributed by atoms with van der Waals surface area (Å²) in [5.41, 5.74) is 11.5. The van der Waals surface area contributed by atoms with E-state index in [-0.39, 0.29) is 36.0 Å². The Morgan fingerprint density at radius 1 is 1.22 bits per heavy atom. The number of carbonyl (C=O) groups is 1. The molecule has 224 valence electrons. The number of hydrogen-bond donors (Lipinski definition) is 7. The van der Waals surface area contributed by atoms with Crippen LogP contribution in [0.3, 0.4) is 0 Å². The van der Waals surface area contributed by atoms with Gasteiger partial charge in [-0.2, -0.15) is 17.4 Å². The molecule has 5 heterocycles. The number of rotatable bonds is 6. The van der Waals surface area contributed by atoms with Crippen molar-refractivity contribution in [2.45, 2.75) is 68.1 Å². The number of guanidine groups is 2. The Morgan fingerprint density at radius 2 is 1.95 bits per heavy atom. The monoisotopic (exact) mass is 591 g/mol. The molecular formula is C25H37N9O6S. The summed E-state index contributed by atoms with van der Waals surface area (Å²) in [5.74, 6) is -2.91. The largest absolute Gasteiger partial charge is 0.492 e. The van der Waals surface area contributed by atoms with E-state index < -0.39 is 45.7 Å². The summed E-state index contributed by atoms with van der Waals surface area (Å²) >= 11 is 0. The maximum Gasteiger partial charge on any atom is 0.279 e. The van der Waals surface area contributed by atoms with Gasteiger partial charge >= 0.3 is 0 Å². The number of amides is 1. The third-order valence-corrected chi connectivity index (χ3v) is 10.5. The molecule has 6 rings (SSSR count). The predicted octanol–water partition coefficient (Wildman–Crippen LogP) is -2.55. The Balaban J connectivity index is 1.27. The Hall–Kier alpha value is -3.18. The maximum absolute atomic E-state index is 13.6. The average Bonchev–Trinajstić information content (AvgIpc) is 3.62. The van der Waals surface area contributed by atoms with Gasteiger partial charge in [-0.25, -0.2) is 9.98 Å². The fourth-order valence-corrected chi connectivity index (χ4v) is 7.95. The Bertz CT molecular complexity index is 1420. The topological polar surface area (TPSA) is 220 Å². The van der Waals surface area contributed by atoms with Gasteiger partial charge in [-0.15, -0.1) is 0 Å². The lowest BCUT2D eigenvalue weighted by atomic mass is 9.79. The van der Waals surface area contributed by atoms with Crippen molar-refractivity contribution in [2.24, 2.45) is 21.5 Å². The van der Waals surface area contributed by atoms with Crippen LogP contribution >= 0.6 is 0 Å². The van der Waals surface area contributed by atoms with E-state index in [0.717, 1.165) is 24.8 Å². The third-order valence-electron chi connectivity index (χ3n) is 8.95. The summed E-state index contributed by atoms with van der Waals surface area (Å²) in [6.45, 7) is 5.12. The van der Waals surface area contributed by atoms with E-state index in [9.17, 15) is 23.4 Å². The Labute approximate surface area is 238 Å². The minimum absolute atomic E-state index is 0.0737. The molecule has 1 aromatic carbocycles. The molecule has 0 aliphatic carbocycles. The van der Waals surface area contributed by atoms with Crippen LogP contribution in [0.4, 0.5) is 0 Å². The van der Waals surface area contributed by atoms with Crippen LogP contribution in [0.25, 0.3) is 0 Å². The van der Waals surface area contributed by atoms with Crippen LogP contribution in [0.15, 0.2) is 28.2 Å². The summed E-state index contributed by atoms with van der Waals surface area (Å²) in [6.07, 6.45) is 2.35. The normalized spacial score (nSPS) is 31.7. The van der Waals surface area contributed by atoms with E-state index in [1.807, 2.05) is 6.07 Å². The van der Waals surface area contributed by atoms with Crippen molar-refractivity contribution in [1.29, 1.82) is 0 Å². The van der Waals surface area contributed by atoms with Gasteiger partial charge in [0.25, 0.3) is 16.1 Å². The molecule has 0 radical (unpaired) electrons. The summed E-state index contributed by atoms with van der Waals surface area (Å²) in [7, 11) is -3.78. The minimum Gasteiger partial charge on any atom is -0.492 e. The number of aliphatic hydroxyl groups is 2. The molecular weight excluding hydrogens is 554 g/mol. The summed E-state index contributed by atoms with van der Waals surface area (Å²) in [5, 5.41) is 29.0. The molecule has 16 heteroatoms. The molecule has 15 nitrogen and oxygen atoms in total. The van der Waals surface area contributed by atoms with Crippen molar-refractivity contribution in [3.8, 4) is 5.75 Å². The van der Waals surface area contributed by atoms with Gasteiger partial charge in [0.1, 0.15) is 17.8 Å². The maximum atomic E-state index is 13.6. The summed E-state index contributed by atoms with van der Waals surface area (Å²) in [6, 6.07) is 2.11. The van der Waals surface area contributed by atoms with E-state index in [1.54, 1.807) is 12.1 Å². The van der Waals surface area contributed by atoms with Gasteiger partial charge in [-0.1, -0.05) is 26.0 Å². The number of fused-ring (bicyclic) bond motifs is 1.